The molecule has 0 saturated carbocycles. The Morgan fingerprint density at radius 1 is 1.06 bits per heavy atom. The van der Waals surface area contributed by atoms with E-state index in [1.54, 1.807) is 18.4 Å². The Bertz CT molecular complexity index is 1380. The Labute approximate surface area is 183 Å². The maximum absolute atomic E-state index is 12.6. The number of rotatable bonds is 5. The summed E-state index contributed by atoms with van der Waals surface area (Å²) in [5, 5.41) is 3.00. The zero-order valence-electron chi connectivity index (χ0n) is 17.3. The minimum atomic E-state index is -0.0764. The third-order valence-corrected chi connectivity index (χ3v) is 6.33. The summed E-state index contributed by atoms with van der Waals surface area (Å²) >= 11 is 1.58. The smallest absolute Gasteiger partial charge is 0.251 e. The number of aromatic nitrogens is 2. The van der Waals surface area contributed by atoms with E-state index in [1.807, 2.05) is 60.8 Å². The highest BCUT2D eigenvalue weighted by Crippen LogP contribution is 2.30. The molecule has 0 atom stereocenters. The van der Waals surface area contributed by atoms with E-state index in [1.165, 1.54) is 5.56 Å². The molecule has 5 rings (SSSR count). The van der Waals surface area contributed by atoms with Crippen molar-refractivity contribution in [2.75, 3.05) is 7.11 Å². The number of imidazole rings is 1. The summed E-state index contributed by atoms with van der Waals surface area (Å²) in [6.07, 6.45) is 2.03. The van der Waals surface area contributed by atoms with Crippen molar-refractivity contribution >= 4 is 32.4 Å². The lowest BCUT2D eigenvalue weighted by Gasteiger charge is -2.06. The van der Waals surface area contributed by atoms with Crippen LogP contribution in [-0.4, -0.2) is 22.4 Å². The van der Waals surface area contributed by atoms with Crippen molar-refractivity contribution in [3.8, 4) is 17.0 Å². The highest BCUT2D eigenvalue weighted by Gasteiger charge is 2.13. The van der Waals surface area contributed by atoms with Crippen LogP contribution in [0.5, 0.6) is 5.75 Å². The number of aryl methyl sites for hydroxylation is 1. The molecule has 3 aromatic carbocycles. The Kier molecular flexibility index (Phi) is 4.92. The number of hydrogen-bond donors (Lipinski definition) is 1. The predicted molar refractivity (Wildman–Crippen MR) is 125 cm³/mol. The topological polar surface area (TPSA) is 55.6 Å². The van der Waals surface area contributed by atoms with Crippen molar-refractivity contribution in [2.45, 2.75) is 13.5 Å². The number of ether oxygens (including phenoxy) is 1. The van der Waals surface area contributed by atoms with Gasteiger partial charge < -0.3 is 10.1 Å². The number of thiazole rings is 1. The van der Waals surface area contributed by atoms with E-state index in [4.69, 9.17) is 9.72 Å². The van der Waals surface area contributed by atoms with Gasteiger partial charge >= 0.3 is 0 Å². The van der Waals surface area contributed by atoms with Crippen LogP contribution in [-0.2, 0) is 6.54 Å². The average molecular weight is 428 g/mol. The van der Waals surface area contributed by atoms with Gasteiger partial charge in [-0.25, -0.2) is 4.98 Å². The second kappa shape index (κ2) is 7.89. The summed E-state index contributed by atoms with van der Waals surface area (Å²) in [5.41, 5.74) is 5.94. The number of amides is 1. The number of methoxy groups -OCH3 is 1. The number of fused-ring (bicyclic) bond motifs is 3. The normalized spacial score (nSPS) is 11.2. The minimum Gasteiger partial charge on any atom is -0.497 e. The molecule has 2 heterocycles. The molecule has 31 heavy (non-hydrogen) atoms. The van der Waals surface area contributed by atoms with Crippen LogP contribution < -0.4 is 10.1 Å². The molecule has 1 amide bonds. The summed E-state index contributed by atoms with van der Waals surface area (Å²) in [6, 6.07) is 21.8. The van der Waals surface area contributed by atoms with Gasteiger partial charge in [-0.15, -0.1) is 0 Å². The molecule has 5 nitrogen and oxygen atoms in total. The second-order valence-corrected chi connectivity index (χ2v) is 8.47. The molecule has 0 aliphatic carbocycles. The van der Waals surface area contributed by atoms with Gasteiger partial charge in [-0.05, 0) is 55.0 Å². The van der Waals surface area contributed by atoms with Crippen molar-refractivity contribution < 1.29 is 9.53 Å². The maximum Gasteiger partial charge on any atom is 0.251 e. The fourth-order valence-corrected chi connectivity index (χ4v) is 4.58. The van der Waals surface area contributed by atoms with E-state index >= 15 is 0 Å². The molecular weight excluding hydrogens is 406 g/mol. The van der Waals surface area contributed by atoms with Crippen molar-refractivity contribution in [3.63, 3.8) is 0 Å². The van der Waals surface area contributed by atoms with Crippen LogP contribution in [0, 0.1) is 6.92 Å². The van der Waals surface area contributed by atoms with Crippen molar-refractivity contribution in [1.29, 1.82) is 0 Å². The first-order valence-electron chi connectivity index (χ1n) is 10.0. The molecular formula is C25H21N3O2S. The van der Waals surface area contributed by atoms with E-state index in [-0.39, 0.29) is 5.91 Å². The summed E-state index contributed by atoms with van der Waals surface area (Å²) in [4.78, 5) is 18.3. The lowest BCUT2D eigenvalue weighted by atomic mass is 10.1. The standard InChI is InChI=1S/C25H21N3O2S/c1-16-3-5-17(6-4-16)14-26-24(29)19-9-12-22-23(13-19)31-25-27-21(15-28(22)25)18-7-10-20(30-2)11-8-18/h3-13,15H,14H2,1-2H3,(H,26,29). The molecule has 0 bridgehead atoms. The zero-order chi connectivity index (χ0) is 21.4. The highest BCUT2D eigenvalue weighted by molar-refractivity contribution is 7.23. The lowest BCUT2D eigenvalue weighted by Crippen LogP contribution is -2.22. The molecule has 154 valence electrons. The van der Waals surface area contributed by atoms with Crippen molar-refractivity contribution in [2.24, 2.45) is 0 Å². The maximum atomic E-state index is 12.6. The molecule has 0 radical (unpaired) electrons. The van der Waals surface area contributed by atoms with Gasteiger partial charge in [-0.1, -0.05) is 41.2 Å². The van der Waals surface area contributed by atoms with E-state index in [0.717, 1.165) is 37.7 Å². The van der Waals surface area contributed by atoms with Gasteiger partial charge in [0.1, 0.15) is 5.75 Å². The molecule has 0 fully saturated rings. The molecule has 0 saturated heterocycles. The van der Waals surface area contributed by atoms with Gasteiger partial charge in [0.25, 0.3) is 5.91 Å². The summed E-state index contributed by atoms with van der Waals surface area (Å²) in [7, 11) is 1.66. The average Bonchev–Trinajstić information content (AvgIpc) is 3.36. The number of nitrogens with one attached hydrogen (secondary N) is 1. The molecule has 0 spiro atoms. The van der Waals surface area contributed by atoms with Crippen LogP contribution >= 0.6 is 11.3 Å². The van der Waals surface area contributed by atoms with Gasteiger partial charge in [-0.2, -0.15) is 0 Å². The van der Waals surface area contributed by atoms with Crippen molar-refractivity contribution in [3.05, 3.63) is 89.6 Å². The third-order valence-electron chi connectivity index (χ3n) is 5.32. The third kappa shape index (κ3) is 3.78. The fraction of sp³-hybridized carbons (Fsp3) is 0.120. The lowest BCUT2D eigenvalue weighted by molar-refractivity contribution is 0.0951. The SMILES string of the molecule is COc1ccc(-c2cn3c(n2)sc2cc(C(=O)NCc4ccc(C)cc4)ccc23)cc1. The van der Waals surface area contributed by atoms with Crippen molar-refractivity contribution in [1.82, 2.24) is 14.7 Å². The number of carbonyl (C=O) groups excluding carboxylic acids is 1. The van der Waals surface area contributed by atoms with Crippen LogP contribution in [0.3, 0.4) is 0 Å². The Morgan fingerprint density at radius 3 is 2.58 bits per heavy atom. The van der Waals surface area contributed by atoms with Gasteiger partial charge in [0.05, 0.1) is 23.0 Å². The van der Waals surface area contributed by atoms with Crippen LogP contribution in [0.25, 0.3) is 26.4 Å². The summed E-state index contributed by atoms with van der Waals surface area (Å²) in [5.74, 6) is 0.746. The van der Waals surface area contributed by atoms with E-state index in [0.29, 0.717) is 12.1 Å². The number of nitrogens with zero attached hydrogens (tertiary/aromatic N) is 2. The summed E-state index contributed by atoms with van der Waals surface area (Å²) in [6.45, 7) is 2.56. The molecule has 6 heteroatoms. The Hall–Kier alpha value is -3.64. The highest BCUT2D eigenvalue weighted by atomic mass is 32.1. The molecule has 1 N–H and O–H groups in total. The largest absolute Gasteiger partial charge is 0.497 e. The monoisotopic (exact) mass is 427 g/mol. The zero-order valence-corrected chi connectivity index (χ0v) is 18.1. The first-order valence-corrected chi connectivity index (χ1v) is 10.8. The van der Waals surface area contributed by atoms with E-state index in [9.17, 15) is 4.79 Å². The van der Waals surface area contributed by atoms with Crippen LogP contribution in [0.4, 0.5) is 0 Å². The minimum absolute atomic E-state index is 0.0764. The predicted octanol–water partition coefficient (Wildman–Crippen LogP) is 5.46. The number of carbonyl (C=O) groups is 1. The molecule has 0 aliphatic rings. The van der Waals surface area contributed by atoms with Gasteiger partial charge in [-0.3, -0.25) is 9.20 Å². The number of benzene rings is 3. The van der Waals surface area contributed by atoms with E-state index < -0.39 is 0 Å². The number of hydrogen-bond acceptors (Lipinski definition) is 4. The van der Waals surface area contributed by atoms with Crippen LogP contribution in [0.1, 0.15) is 21.5 Å². The fourth-order valence-electron chi connectivity index (χ4n) is 3.53. The first-order chi connectivity index (χ1) is 15.1. The molecule has 5 aromatic rings. The quantitative estimate of drug-likeness (QED) is 0.405. The Morgan fingerprint density at radius 2 is 1.84 bits per heavy atom. The van der Waals surface area contributed by atoms with Gasteiger partial charge in [0, 0.05) is 23.9 Å². The second-order valence-electron chi connectivity index (χ2n) is 7.46. The molecule has 0 unspecified atom stereocenters. The van der Waals surface area contributed by atoms with Crippen LogP contribution in [0.2, 0.25) is 0 Å². The van der Waals surface area contributed by atoms with E-state index in [2.05, 4.69) is 28.8 Å². The molecule has 0 aliphatic heterocycles. The Balaban J connectivity index is 1.38. The van der Waals surface area contributed by atoms with Crippen LogP contribution in [0.15, 0.2) is 72.9 Å². The summed E-state index contributed by atoms with van der Waals surface area (Å²) < 4.78 is 8.34. The van der Waals surface area contributed by atoms with Gasteiger partial charge in [0.15, 0.2) is 4.96 Å². The molecule has 2 aromatic heterocycles. The van der Waals surface area contributed by atoms with Gasteiger partial charge in [0.2, 0.25) is 0 Å². The first kappa shape index (κ1) is 19.3.